The van der Waals surface area contributed by atoms with Gasteiger partial charge in [-0.2, -0.15) is 0 Å². The molecule has 0 unspecified atom stereocenters. The van der Waals surface area contributed by atoms with Crippen LogP contribution in [0.3, 0.4) is 0 Å². The zero-order chi connectivity index (χ0) is 32.1. The Balaban J connectivity index is 1.15. The van der Waals surface area contributed by atoms with Crippen LogP contribution in [0.5, 0.6) is 0 Å². The SMILES string of the molecule is C1=CCCC(c2ccc(-c3cccc(-c4cc(-c5ccccc5)cc(-c5cccc(-c6ccc(-c7ccccc7)cc6)c5)n4)c3)cc2)=C1. The van der Waals surface area contributed by atoms with E-state index in [-0.39, 0.29) is 0 Å². The van der Waals surface area contributed by atoms with E-state index in [0.717, 1.165) is 40.9 Å². The van der Waals surface area contributed by atoms with E-state index in [1.165, 1.54) is 50.1 Å². The number of rotatable bonds is 7. The van der Waals surface area contributed by atoms with Gasteiger partial charge in [0.25, 0.3) is 0 Å². The number of pyridine rings is 1. The molecule has 0 amide bonds. The van der Waals surface area contributed by atoms with Crippen molar-refractivity contribution in [2.24, 2.45) is 0 Å². The second kappa shape index (κ2) is 13.4. The molecule has 1 nitrogen and oxygen atoms in total. The van der Waals surface area contributed by atoms with Gasteiger partial charge in [-0.15, -0.1) is 0 Å². The fourth-order valence-electron chi connectivity index (χ4n) is 6.55. The van der Waals surface area contributed by atoms with Gasteiger partial charge >= 0.3 is 0 Å². The van der Waals surface area contributed by atoms with Crippen LogP contribution in [0.4, 0.5) is 0 Å². The summed E-state index contributed by atoms with van der Waals surface area (Å²) in [5.74, 6) is 0. The summed E-state index contributed by atoms with van der Waals surface area (Å²) in [5, 5.41) is 0. The molecule has 1 heteroatoms. The van der Waals surface area contributed by atoms with Crippen molar-refractivity contribution in [3.05, 3.63) is 194 Å². The molecule has 8 rings (SSSR count). The van der Waals surface area contributed by atoms with Crippen molar-refractivity contribution < 1.29 is 0 Å². The first-order valence-electron chi connectivity index (χ1n) is 16.7. The van der Waals surface area contributed by atoms with E-state index in [2.05, 4.69) is 188 Å². The molecule has 0 atom stereocenters. The number of hydrogen-bond acceptors (Lipinski definition) is 1. The van der Waals surface area contributed by atoms with E-state index >= 15 is 0 Å². The molecule has 7 aromatic rings. The Morgan fingerprint density at radius 3 is 1.25 bits per heavy atom. The maximum atomic E-state index is 5.28. The first-order valence-corrected chi connectivity index (χ1v) is 16.7. The monoisotopic (exact) mass is 613 g/mol. The minimum absolute atomic E-state index is 0.957. The lowest BCUT2D eigenvalue weighted by Gasteiger charge is -2.13. The molecule has 48 heavy (non-hydrogen) atoms. The third kappa shape index (κ3) is 6.32. The van der Waals surface area contributed by atoms with E-state index in [1.54, 1.807) is 0 Å². The van der Waals surface area contributed by atoms with Crippen LogP contribution in [0.25, 0.3) is 72.6 Å². The molecule has 0 bridgehead atoms. The van der Waals surface area contributed by atoms with Crippen molar-refractivity contribution in [1.82, 2.24) is 4.98 Å². The van der Waals surface area contributed by atoms with Gasteiger partial charge in [-0.1, -0.05) is 164 Å². The Bertz CT molecular complexity index is 2240. The lowest BCUT2D eigenvalue weighted by Crippen LogP contribution is -1.92. The van der Waals surface area contributed by atoms with Crippen molar-refractivity contribution in [3.8, 4) is 67.0 Å². The second-order valence-corrected chi connectivity index (χ2v) is 12.3. The van der Waals surface area contributed by atoms with Crippen molar-refractivity contribution in [2.75, 3.05) is 0 Å². The highest BCUT2D eigenvalue weighted by Crippen LogP contribution is 2.34. The molecule has 1 aliphatic carbocycles. The molecule has 0 saturated carbocycles. The summed E-state index contributed by atoms with van der Waals surface area (Å²) in [5.41, 5.74) is 16.3. The topological polar surface area (TPSA) is 12.9 Å². The van der Waals surface area contributed by atoms with Gasteiger partial charge in [-0.05, 0) is 92.8 Å². The average molecular weight is 614 g/mol. The quantitative estimate of drug-likeness (QED) is 0.174. The molecule has 0 saturated heterocycles. The first-order chi connectivity index (χ1) is 23.8. The summed E-state index contributed by atoms with van der Waals surface area (Å²) in [4.78, 5) is 5.28. The smallest absolute Gasteiger partial charge is 0.0715 e. The van der Waals surface area contributed by atoms with Crippen LogP contribution >= 0.6 is 0 Å². The van der Waals surface area contributed by atoms with Crippen LogP contribution in [0.1, 0.15) is 18.4 Å². The molecule has 1 aromatic heterocycles. The lowest BCUT2D eigenvalue weighted by molar-refractivity contribution is 1.05. The highest BCUT2D eigenvalue weighted by atomic mass is 14.7. The normalized spacial score (nSPS) is 12.5. The largest absolute Gasteiger partial charge is 0.248 e. The maximum Gasteiger partial charge on any atom is 0.0715 e. The summed E-state index contributed by atoms with van der Waals surface area (Å²) >= 11 is 0. The molecular formula is C47H35N. The highest BCUT2D eigenvalue weighted by Gasteiger charge is 2.12. The Hall–Kier alpha value is -6.05. The predicted octanol–water partition coefficient (Wildman–Crippen LogP) is 12.8. The molecule has 1 heterocycles. The molecule has 0 N–H and O–H groups in total. The highest BCUT2D eigenvalue weighted by molar-refractivity contribution is 5.81. The number of allylic oxidation sites excluding steroid dienone is 4. The minimum Gasteiger partial charge on any atom is -0.248 e. The van der Waals surface area contributed by atoms with E-state index in [4.69, 9.17) is 4.98 Å². The average Bonchev–Trinajstić information content (AvgIpc) is 3.19. The summed E-state index contributed by atoms with van der Waals surface area (Å²) in [6.45, 7) is 0. The van der Waals surface area contributed by atoms with Crippen molar-refractivity contribution in [2.45, 2.75) is 12.8 Å². The Labute approximate surface area is 283 Å². The maximum absolute atomic E-state index is 5.28. The Kier molecular flexibility index (Phi) is 8.17. The standard InChI is InChI=1S/C47H35N/c1-4-12-34(13-5-1)37-22-26-39(27-23-37)41-18-10-20-43(30-41)46-32-45(36-16-8-3-9-17-36)33-47(48-46)44-21-11-19-42(31-44)40-28-24-38(25-29-40)35-14-6-2-7-15-35/h1-6,8-14,16-33H,7,15H2. The number of aromatic nitrogens is 1. The van der Waals surface area contributed by atoms with Crippen LogP contribution in [0.15, 0.2) is 188 Å². The van der Waals surface area contributed by atoms with Gasteiger partial charge in [0.15, 0.2) is 0 Å². The molecular weight excluding hydrogens is 579 g/mol. The number of hydrogen-bond donors (Lipinski definition) is 0. The fraction of sp³-hybridized carbons (Fsp3) is 0.0426. The van der Waals surface area contributed by atoms with E-state index < -0.39 is 0 Å². The summed E-state index contributed by atoms with van der Waals surface area (Å²) in [6.07, 6.45) is 8.84. The third-order valence-electron chi connectivity index (χ3n) is 9.18. The second-order valence-electron chi connectivity index (χ2n) is 12.3. The Morgan fingerprint density at radius 2 is 0.750 bits per heavy atom. The zero-order valence-corrected chi connectivity index (χ0v) is 26.8. The van der Waals surface area contributed by atoms with Gasteiger partial charge in [0.1, 0.15) is 0 Å². The van der Waals surface area contributed by atoms with Crippen molar-refractivity contribution >= 4 is 5.57 Å². The van der Waals surface area contributed by atoms with Gasteiger partial charge < -0.3 is 0 Å². The van der Waals surface area contributed by atoms with Crippen molar-refractivity contribution in [3.63, 3.8) is 0 Å². The fourth-order valence-corrected chi connectivity index (χ4v) is 6.55. The molecule has 6 aromatic carbocycles. The van der Waals surface area contributed by atoms with Gasteiger partial charge in [0.05, 0.1) is 11.4 Å². The van der Waals surface area contributed by atoms with Crippen LogP contribution in [-0.4, -0.2) is 4.98 Å². The van der Waals surface area contributed by atoms with E-state index in [1.807, 2.05) is 0 Å². The lowest BCUT2D eigenvalue weighted by atomic mass is 9.94. The van der Waals surface area contributed by atoms with E-state index in [0.29, 0.717) is 0 Å². The van der Waals surface area contributed by atoms with E-state index in [9.17, 15) is 0 Å². The number of benzene rings is 6. The van der Waals surface area contributed by atoms with Gasteiger partial charge in [0.2, 0.25) is 0 Å². The van der Waals surface area contributed by atoms with Crippen LogP contribution in [0.2, 0.25) is 0 Å². The van der Waals surface area contributed by atoms with Gasteiger partial charge in [0, 0.05) is 11.1 Å². The summed E-state index contributed by atoms with van der Waals surface area (Å²) < 4.78 is 0. The van der Waals surface area contributed by atoms with Crippen molar-refractivity contribution in [1.29, 1.82) is 0 Å². The Morgan fingerprint density at radius 1 is 0.333 bits per heavy atom. The van der Waals surface area contributed by atoms with Crippen LogP contribution < -0.4 is 0 Å². The van der Waals surface area contributed by atoms with Crippen LogP contribution in [-0.2, 0) is 0 Å². The molecule has 228 valence electrons. The third-order valence-corrected chi connectivity index (χ3v) is 9.18. The molecule has 1 aliphatic rings. The molecule has 0 radical (unpaired) electrons. The minimum atomic E-state index is 0.957. The molecule has 0 fully saturated rings. The van der Waals surface area contributed by atoms with Gasteiger partial charge in [-0.3, -0.25) is 0 Å². The summed E-state index contributed by atoms with van der Waals surface area (Å²) in [6, 6.07) is 60.9. The van der Waals surface area contributed by atoms with Gasteiger partial charge in [-0.25, -0.2) is 4.98 Å². The number of nitrogens with zero attached hydrogens (tertiary/aromatic N) is 1. The summed E-state index contributed by atoms with van der Waals surface area (Å²) in [7, 11) is 0. The predicted molar refractivity (Wildman–Crippen MR) is 203 cm³/mol. The van der Waals surface area contributed by atoms with Crippen LogP contribution in [0, 0.1) is 0 Å². The first kappa shape index (κ1) is 29.4. The molecule has 0 aliphatic heterocycles. The molecule has 0 spiro atoms. The zero-order valence-electron chi connectivity index (χ0n) is 26.8.